The van der Waals surface area contributed by atoms with Gasteiger partial charge in [-0.1, -0.05) is 24.3 Å². The number of rotatable bonds is 9. The van der Waals surface area contributed by atoms with Crippen LogP contribution in [0.1, 0.15) is 22.8 Å². The first-order chi connectivity index (χ1) is 14.0. The van der Waals surface area contributed by atoms with E-state index in [0.29, 0.717) is 25.1 Å². The van der Waals surface area contributed by atoms with Crippen LogP contribution in [0.25, 0.3) is 0 Å². The largest absolute Gasteiger partial charge is 0.450 e. The van der Waals surface area contributed by atoms with Gasteiger partial charge in [-0.2, -0.15) is 0 Å². The fourth-order valence-corrected chi connectivity index (χ4v) is 2.40. The second-order valence-corrected chi connectivity index (χ2v) is 5.94. The molecular formula is C21H25ClN2O6. The van der Waals surface area contributed by atoms with Gasteiger partial charge in [0.2, 0.25) is 0 Å². The van der Waals surface area contributed by atoms with E-state index in [0.717, 1.165) is 5.56 Å². The van der Waals surface area contributed by atoms with Gasteiger partial charge in [0, 0.05) is 6.54 Å². The van der Waals surface area contributed by atoms with Crippen LogP contribution in [0, 0.1) is 0 Å². The lowest BCUT2D eigenvalue weighted by Crippen LogP contribution is -2.26. The second-order valence-electron chi connectivity index (χ2n) is 5.94. The van der Waals surface area contributed by atoms with Crippen molar-refractivity contribution in [1.29, 1.82) is 0 Å². The molecule has 0 heterocycles. The number of hydrogen-bond donors (Lipinski definition) is 2. The van der Waals surface area contributed by atoms with Crippen LogP contribution in [0.5, 0.6) is 11.5 Å². The molecule has 1 amide bonds. The van der Waals surface area contributed by atoms with Crippen molar-refractivity contribution >= 4 is 30.4 Å². The molecular weight excluding hydrogens is 412 g/mol. The van der Waals surface area contributed by atoms with Crippen LogP contribution in [0.3, 0.4) is 0 Å². The van der Waals surface area contributed by atoms with Gasteiger partial charge >= 0.3 is 18.0 Å². The molecule has 0 saturated carbocycles. The standard InChI is InChI=1S/C21H24N2O6.ClH/c1-3-27-21(26)23-12-11-15-9-10-17(18(13-15)28-19(24)14-22-2)29-20(25)16-7-5-4-6-8-16;/h4-10,13,22H,3,11-12,14H2,1-2H3,(H,23,26);1H. The maximum atomic E-state index is 12.3. The van der Waals surface area contributed by atoms with E-state index in [1.807, 2.05) is 0 Å². The van der Waals surface area contributed by atoms with E-state index in [2.05, 4.69) is 10.6 Å². The number of likely N-dealkylation sites (N-methyl/N-ethyl adjacent to an activating group) is 1. The Morgan fingerprint density at radius 1 is 0.967 bits per heavy atom. The van der Waals surface area contributed by atoms with Crippen LogP contribution >= 0.6 is 12.4 Å². The van der Waals surface area contributed by atoms with Crippen LogP contribution in [-0.2, 0) is 16.0 Å². The van der Waals surface area contributed by atoms with Gasteiger partial charge in [-0.15, -0.1) is 12.4 Å². The molecule has 2 aromatic carbocycles. The normalized spacial score (nSPS) is 9.80. The second kappa shape index (κ2) is 13.2. The monoisotopic (exact) mass is 436 g/mol. The summed E-state index contributed by atoms with van der Waals surface area (Å²) in [7, 11) is 1.62. The summed E-state index contributed by atoms with van der Waals surface area (Å²) >= 11 is 0. The van der Waals surface area contributed by atoms with Gasteiger partial charge in [-0.3, -0.25) is 4.79 Å². The van der Waals surface area contributed by atoms with E-state index in [9.17, 15) is 14.4 Å². The van der Waals surface area contributed by atoms with Gasteiger partial charge in [-0.05, 0) is 50.2 Å². The predicted octanol–water partition coefficient (Wildman–Crippen LogP) is 2.74. The quantitative estimate of drug-likeness (QED) is 0.460. The van der Waals surface area contributed by atoms with E-state index in [-0.39, 0.29) is 30.5 Å². The number of halogens is 1. The molecule has 9 heteroatoms. The average Bonchev–Trinajstić information content (AvgIpc) is 2.71. The lowest BCUT2D eigenvalue weighted by molar-refractivity contribution is -0.133. The highest BCUT2D eigenvalue weighted by molar-refractivity contribution is 5.91. The molecule has 0 bridgehead atoms. The highest BCUT2D eigenvalue weighted by Crippen LogP contribution is 2.29. The zero-order chi connectivity index (χ0) is 21.1. The first kappa shape index (κ1) is 24.9. The molecule has 0 aliphatic rings. The van der Waals surface area contributed by atoms with Crippen molar-refractivity contribution in [2.24, 2.45) is 0 Å². The molecule has 2 aromatic rings. The summed E-state index contributed by atoms with van der Waals surface area (Å²) in [6.45, 7) is 2.35. The van der Waals surface area contributed by atoms with Crippen molar-refractivity contribution in [3.05, 3.63) is 59.7 Å². The lowest BCUT2D eigenvalue weighted by Gasteiger charge is -2.13. The summed E-state index contributed by atoms with van der Waals surface area (Å²) in [5, 5.41) is 5.32. The van der Waals surface area contributed by atoms with Gasteiger partial charge in [0.25, 0.3) is 0 Å². The minimum absolute atomic E-state index is 0. The molecule has 0 unspecified atom stereocenters. The van der Waals surface area contributed by atoms with Gasteiger partial charge in [0.05, 0.1) is 18.7 Å². The van der Waals surface area contributed by atoms with Crippen molar-refractivity contribution in [1.82, 2.24) is 10.6 Å². The van der Waals surface area contributed by atoms with Crippen LogP contribution in [-0.4, -0.2) is 44.8 Å². The van der Waals surface area contributed by atoms with E-state index < -0.39 is 18.0 Å². The molecule has 0 spiro atoms. The molecule has 8 nitrogen and oxygen atoms in total. The van der Waals surface area contributed by atoms with Crippen molar-refractivity contribution in [2.75, 3.05) is 26.7 Å². The topological polar surface area (TPSA) is 103 Å². The summed E-state index contributed by atoms with van der Waals surface area (Å²) in [5.74, 6) is -0.826. The van der Waals surface area contributed by atoms with Crippen molar-refractivity contribution < 1.29 is 28.6 Å². The summed E-state index contributed by atoms with van der Waals surface area (Å²) in [5.41, 5.74) is 1.16. The van der Waals surface area contributed by atoms with Crippen LogP contribution < -0.4 is 20.1 Å². The van der Waals surface area contributed by atoms with Crippen molar-refractivity contribution in [3.63, 3.8) is 0 Å². The summed E-state index contributed by atoms with van der Waals surface area (Å²) in [4.78, 5) is 35.6. The third-order valence-corrected chi connectivity index (χ3v) is 3.72. The lowest BCUT2D eigenvalue weighted by atomic mass is 10.1. The van der Waals surface area contributed by atoms with Crippen LogP contribution in [0.2, 0.25) is 0 Å². The molecule has 0 fully saturated rings. The highest BCUT2D eigenvalue weighted by atomic mass is 35.5. The van der Waals surface area contributed by atoms with Gasteiger partial charge in [0.1, 0.15) is 0 Å². The summed E-state index contributed by atoms with van der Waals surface area (Å²) < 4.78 is 15.6. The molecule has 0 aliphatic heterocycles. The third kappa shape index (κ3) is 8.10. The van der Waals surface area contributed by atoms with E-state index in [4.69, 9.17) is 14.2 Å². The number of amides is 1. The number of esters is 2. The molecule has 162 valence electrons. The predicted molar refractivity (Wildman–Crippen MR) is 113 cm³/mol. The number of ether oxygens (including phenoxy) is 3. The minimum atomic E-state index is -0.562. The SMILES string of the molecule is CCOC(=O)NCCc1ccc(OC(=O)c2ccccc2)c(OC(=O)CNC)c1.Cl. The Hall–Kier alpha value is -3.10. The van der Waals surface area contributed by atoms with Crippen LogP contribution in [0.15, 0.2) is 48.5 Å². The fraction of sp³-hybridized carbons (Fsp3) is 0.286. The average molecular weight is 437 g/mol. The Morgan fingerprint density at radius 2 is 1.70 bits per heavy atom. The van der Waals surface area contributed by atoms with Gasteiger partial charge in [0.15, 0.2) is 11.5 Å². The first-order valence-electron chi connectivity index (χ1n) is 9.19. The Morgan fingerprint density at radius 3 is 2.37 bits per heavy atom. The molecule has 2 rings (SSSR count). The van der Waals surface area contributed by atoms with E-state index in [1.54, 1.807) is 62.5 Å². The Balaban J connectivity index is 0.00000450. The first-order valence-corrected chi connectivity index (χ1v) is 9.19. The number of nitrogens with one attached hydrogen (secondary N) is 2. The van der Waals surface area contributed by atoms with Crippen LogP contribution in [0.4, 0.5) is 4.79 Å². The summed E-state index contributed by atoms with van der Waals surface area (Å²) in [6, 6.07) is 13.4. The van der Waals surface area contributed by atoms with E-state index in [1.165, 1.54) is 0 Å². The number of alkyl carbamates (subject to hydrolysis) is 1. The molecule has 0 aromatic heterocycles. The molecule has 0 radical (unpaired) electrons. The van der Waals surface area contributed by atoms with E-state index >= 15 is 0 Å². The fourth-order valence-electron chi connectivity index (χ4n) is 2.40. The molecule has 2 N–H and O–H groups in total. The molecule has 0 atom stereocenters. The van der Waals surface area contributed by atoms with Gasteiger partial charge < -0.3 is 24.8 Å². The summed E-state index contributed by atoms with van der Waals surface area (Å²) in [6.07, 6.45) is -0.0240. The number of hydrogen-bond acceptors (Lipinski definition) is 7. The Bertz CT molecular complexity index is 845. The number of carbonyl (C=O) groups excluding carboxylic acids is 3. The molecule has 30 heavy (non-hydrogen) atoms. The molecule has 0 aliphatic carbocycles. The maximum absolute atomic E-state index is 12.3. The van der Waals surface area contributed by atoms with Crippen molar-refractivity contribution in [2.45, 2.75) is 13.3 Å². The molecule has 0 saturated heterocycles. The number of benzene rings is 2. The minimum Gasteiger partial charge on any atom is -0.450 e. The Kier molecular flexibility index (Phi) is 11.0. The number of carbonyl (C=O) groups is 3. The Labute approximate surface area is 181 Å². The van der Waals surface area contributed by atoms with Crippen molar-refractivity contribution in [3.8, 4) is 11.5 Å². The van der Waals surface area contributed by atoms with Gasteiger partial charge in [-0.25, -0.2) is 9.59 Å². The zero-order valence-corrected chi connectivity index (χ0v) is 17.6. The smallest absolute Gasteiger partial charge is 0.407 e. The third-order valence-electron chi connectivity index (χ3n) is 3.72. The maximum Gasteiger partial charge on any atom is 0.407 e. The highest BCUT2D eigenvalue weighted by Gasteiger charge is 2.16. The zero-order valence-electron chi connectivity index (χ0n) is 16.8.